The Labute approximate surface area is 630 Å². The summed E-state index contributed by atoms with van der Waals surface area (Å²) in [5, 5.41) is -0.236. The predicted molar refractivity (Wildman–Crippen MR) is 440 cm³/mol. The number of benzene rings is 15. The Bertz CT molecular complexity index is 6750. The average molecular weight is 1340 g/mol. The van der Waals surface area contributed by atoms with Crippen LogP contribution in [0.25, 0.3) is 94.3 Å². The minimum atomic E-state index is -0.717. The molecule has 5 heteroatoms. The molecule has 0 saturated heterocycles. The highest BCUT2D eigenvalue weighted by Gasteiger charge is 2.45. The minimum Gasteiger partial charge on any atom is -0.311 e. The van der Waals surface area contributed by atoms with Gasteiger partial charge in [-0.3, -0.25) is 0 Å². The van der Waals surface area contributed by atoms with Gasteiger partial charge in [0.2, 0.25) is 0 Å². The van der Waals surface area contributed by atoms with E-state index in [1.807, 2.05) is 109 Å². The first-order valence-electron chi connectivity index (χ1n) is 43.6. The monoisotopic (exact) mass is 1340 g/mol. The molecule has 103 heavy (non-hydrogen) atoms. The van der Waals surface area contributed by atoms with Crippen LogP contribution in [0.5, 0.6) is 0 Å². The van der Waals surface area contributed by atoms with Gasteiger partial charge in [0.25, 0.3) is 6.71 Å². The van der Waals surface area contributed by atoms with Crippen molar-refractivity contribution < 1.29 is 24.7 Å². The summed E-state index contributed by atoms with van der Waals surface area (Å²) in [5.41, 5.74) is 17.8. The molecule has 18 rings (SSSR count). The third kappa shape index (κ3) is 11.4. The minimum absolute atomic E-state index is 0.00894. The van der Waals surface area contributed by atoms with E-state index in [1.165, 1.54) is 4.57 Å². The molecule has 0 spiro atoms. The van der Waals surface area contributed by atoms with Crippen LogP contribution in [0, 0.1) is 0 Å². The Morgan fingerprint density at radius 2 is 0.670 bits per heavy atom. The normalized spacial score (nSPS) is 15.0. The fourth-order valence-electron chi connectivity index (χ4n) is 14.9. The Morgan fingerprint density at radius 3 is 1.14 bits per heavy atom. The zero-order valence-electron chi connectivity index (χ0n) is 75.5. The van der Waals surface area contributed by atoms with Crippen LogP contribution in [0.15, 0.2) is 357 Å². The Balaban J connectivity index is 0.988. The lowest BCUT2D eigenvalue weighted by molar-refractivity contribution is 0.569. The molecule has 16 aromatic rings. The molecule has 0 atom stereocenters. The third-order valence-corrected chi connectivity index (χ3v) is 20.0. The molecule has 0 aliphatic carbocycles. The van der Waals surface area contributed by atoms with E-state index in [0.717, 1.165) is 100 Å². The topological polar surface area (TPSA) is 14.7 Å². The molecule has 0 amide bonds. The highest BCUT2D eigenvalue weighted by Crippen LogP contribution is 2.51. The van der Waals surface area contributed by atoms with Gasteiger partial charge in [0.05, 0.1) is 35.7 Å². The van der Waals surface area contributed by atoms with Crippen molar-refractivity contribution in [2.24, 2.45) is 0 Å². The molecule has 0 saturated carbocycles. The number of hydrogen-bond acceptors (Lipinski definition) is 3. The number of nitrogens with zero attached hydrogens (tertiary/aromatic N) is 4. The van der Waals surface area contributed by atoms with Gasteiger partial charge in [-0.15, -0.1) is 0 Å². The van der Waals surface area contributed by atoms with Gasteiger partial charge in [-0.05, 0) is 220 Å². The summed E-state index contributed by atoms with van der Waals surface area (Å²) >= 11 is 0. The van der Waals surface area contributed by atoms with Gasteiger partial charge in [0.15, 0.2) is 0 Å². The van der Waals surface area contributed by atoms with E-state index in [9.17, 15) is 13.7 Å². The lowest BCUT2D eigenvalue weighted by Crippen LogP contribution is -2.61. The second kappa shape index (κ2) is 25.3. The molecular weight excluding hydrogens is 1240 g/mol. The maximum absolute atomic E-state index is 9.94. The predicted octanol–water partition coefficient (Wildman–Crippen LogP) is 24.9. The maximum Gasteiger partial charge on any atom is 0.252 e. The molecule has 0 radical (unpaired) electrons. The van der Waals surface area contributed by atoms with E-state index in [1.54, 1.807) is 29.2 Å². The standard InChI is InChI=1S/C98H77BN4/c1-97(2,3)78-55-76(56-79(64-78)98(4,5)6)77-62-94-96-95(63-77)103(85-59-74(69-35-19-10-20-36-69)54-75(60-85)70-37-21-11-22-38-70)93-65-83(100(80-39-23-12-24-40-80)81-46-48-82(49-47-81)101-90-43-27-25-41-86(90)87-42-26-28-44-91(87)101)50-52-89(93)99(96)88-51-45-71(66-29-13-7-14-30-66)61-92(88)102(94)84-57-72(67-31-15-8-16-32-67)53-73(58-84)68-33-17-9-18-34-68/h7-65H,1-6H3/i7D,12D,13D,14D,23D,24D,25D,26D,27D,28D,29D,30D,39D,40D,41D,42D,43D,44D. The lowest BCUT2D eigenvalue weighted by atomic mass is 9.33. The van der Waals surface area contributed by atoms with Gasteiger partial charge >= 0.3 is 0 Å². The number of hydrogen-bond donors (Lipinski definition) is 0. The van der Waals surface area contributed by atoms with Crippen molar-refractivity contribution in [2.45, 2.75) is 52.4 Å². The summed E-state index contributed by atoms with van der Waals surface area (Å²) in [4.78, 5) is 6.13. The van der Waals surface area contributed by atoms with Gasteiger partial charge in [0, 0.05) is 67.6 Å². The first-order valence-corrected chi connectivity index (χ1v) is 34.6. The molecule has 4 nitrogen and oxygen atoms in total. The highest BCUT2D eigenvalue weighted by atomic mass is 15.2. The van der Waals surface area contributed by atoms with Crippen LogP contribution in [0.4, 0.5) is 51.2 Å². The molecule has 2 aliphatic rings. The third-order valence-electron chi connectivity index (χ3n) is 20.0. The summed E-state index contributed by atoms with van der Waals surface area (Å²) in [7, 11) is 0. The van der Waals surface area contributed by atoms with E-state index >= 15 is 0 Å². The van der Waals surface area contributed by atoms with Crippen LogP contribution < -0.4 is 31.1 Å². The van der Waals surface area contributed by atoms with Gasteiger partial charge < -0.3 is 19.3 Å². The van der Waals surface area contributed by atoms with E-state index < -0.39 is 103 Å². The first-order chi connectivity index (χ1) is 57.8. The van der Waals surface area contributed by atoms with Crippen LogP contribution in [0.2, 0.25) is 0 Å². The van der Waals surface area contributed by atoms with Crippen molar-refractivity contribution in [2.75, 3.05) is 14.7 Å². The number of anilines is 9. The number of rotatable bonds is 12. The van der Waals surface area contributed by atoms with Crippen molar-refractivity contribution in [3.63, 3.8) is 0 Å². The Morgan fingerprint density at radius 1 is 0.282 bits per heavy atom. The van der Waals surface area contributed by atoms with Gasteiger partial charge in [0.1, 0.15) is 0 Å². The van der Waals surface area contributed by atoms with Gasteiger partial charge in [-0.25, -0.2) is 0 Å². The van der Waals surface area contributed by atoms with Gasteiger partial charge in [-0.2, -0.15) is 0 Å². The second-order valence-electron chi connectivity index (χ2n) is 28.5. The molecule has 3 heterocycles. The molecule has 0 N–H and O–H groups in total. The van der Waals surface area contributed by atoms with Crippen LogP contribution >= 0.6 is 0 Å². The number of para-hydroxylation sites is 3. The maximum atomic E-state index is 9.94. The lowest BCUT2D eigenvalue weighted by Gasteiger charge is -2.45. The van der Waals surface area contributed by atoms with Crippen molar-refractivity contribution in [1.29, 1.82) is 0 Å². The molecule has 15 aromatic carbocycles. The van der Waals surface area contributed by atoms with Crippen LogP contribution in [0.3, 0.4) is 0 Å². The molecule has 0 fully saturated rings. The molecule has 492 valence electrons. The summed E-state index contributed by atoms with van der Waals surface area (Å²) in [6.45, 7) is 12.5. The molecule has 2 aliphatic heterocycles. The SMILES string of the molecule is [2H]c1c([2H])c([2H])c(-c2ccc3c(c2)N(c2cc(-c4ccccc4)cc(-c4ccccc4)c2)c2cc(-c4cc(C(C)(C)C)cc(C(C)(C)C)c4)cc4c2B3c2ccc(N(c3ccc(-n5c6c([2H])c([2H])c([2H])c([2H])c6c6c([2H])c([2H])c([2H])c([2H])c65)cc3)c3c([2H])c([2H])c([2H])c([2H])c3[2H])cc2N4c2cc(-c3ccccc3)cc(-c3ccccc3)c2)c([2H])c1[2H]. The summed E-state index contributed by atoms with van der Waals surface area (Å²) < 4.78 is 168. The fourth-order valence-corrected chi connectivity index (χ4v) is 14.9. The van der Waals surface area contributed by atoms with E-state index in [2.05, 4.69) is 167 Å². The molecule has 1 aromatic heterocycles. The van der Waals surface area contributed by atoms with Crippen LogP contribution in [-0.4, -0.2) is 11.3 Å². The quantitative estimate of drug-likeness (QED) is 0.113. The van der Waals surface area contributed by atoms with Crippen LogP contribution in [-0.2, 0) is 10.8 Å². The second-order valence-corrected chi connectivity index (χ2v) is 28.5. The highest BCUT2D eigenvalue weighted by molar-refractivity contribution is 7.00. The van der Waals surface area contributed by atoms with Crippen molar-refractivity contribution >= 4 is 96.1 Å². The first kappa shape index (κ1) is 46.1. The largest absolute Gasteiger partial charge is 0.311 e. The van der Waals surface area contributed by atoms with Crippen molar-refractivity contribution in [3.05, 3.63) is 369 Å². The van der Waals surface area contributed by atoms with Crippen molar-refractivity contribution in [3.8, 4) is 72.4 Å². The van der Waals surface area contributed by atoms with E-state index in [-0.39, 0.29) is 67.3 Å². The van der Waals surface area contributed by atoms with Crippen LogP contribution in [0.1, 0.15) is 77.3 Å². The Kier molecular flexibility index (Phi) is 11.3. The average Bonchev–Trinajstić information content (AvgIpc) is 1.30. The Hall–Kier alpha value is -12.4. The zero-order valence-corrected chi connectivity index (χ0v) is 57.5. The van der Waals surface area contributed by atoms with Crippen molar-refractivity contribution in [1.82, 2.24) is 4.57 Å². The molecule has 0 bridgehead atoms. The molecular formula is C98H77BN4. The number of aromatic nitrogens is 1. The van der Waals surface area contributed by atoms with E-state index in [0.29, 0.717) is 28.3 Å². The smallest absolute Gasteiger partial charge is 0.252 e. The summed E-state index contributed by atoms with van der Waals surface area (Å²) in [6.07, 6.45) is 0. The summed E-state index contributed by atoms with van der Waals surface area (Å²) in [6, 6.07) is 73.6. The van der Waals surface area contributed by atoms with Gasteiger partial charge in [-0.1, -0.05) is 284 Å². The van der Waals surface area contributed by atoms with E-state index in [4.69, 9.17) is 11.0 Å². The number of fused-ring (bicyclic) bond motifs is 7. The fraction of sp³-hybridized carbons (Fsp3) is 0.0816. The zero-order chi connectivity index (χ0) is 85.2. The molecule has 0 unspecified atom stereocenters. The summed E-state index contributed by atoms with van der Waals surface area (Å²) in [5.74, 6) is 0.